The van der Waals surface area contributed by atoms with Crippen LogP contribution in [0, 0.1) is 6.92 Å². The van der Waals surface area contributed by atoms with Crippen molar-refractivity contribution in [2.75, 3.05) is 7.11 Å². The second-order valence-electron chi connectivity index (χ2n) is 5.03. The fraction of sp³-hybridized carbons (Fsp3) is 0.188. The smallest absolute Gasteiger partial charge is 0.310 e. The predicted molar refractivity (Wildman–Crippen MR) is 88.9 cm³/mol. The van der Waals surface area contributed by atoms with E-state index in [1.165, 1.54) is 11.6 Å². The maximum atomic E-state index is 11.5. The molecule has 3 aromatic rings. The fourth-order valence-corrected chi connectivity index (χ4v) is 2.84. The van der Waals surface area contributed by atoms with E-state index >= 15 is 0 Å². The number of nitrogens with zero attached hydrogens (tertiary/aromatic N) is 3. The Morgan fingerprint density at radius 3 is 2.78 bits per heavy atom. The third-order valence-electron chi connectivity index (χ3n) is 3.51. The zero-order valence-corrected chi connectivity index (χ0v) is 14.0. The zero-order chi connectivity index (χ0) is 16.6. The van der Waals surface area contributed by atoms with Crippen LogP contribution >= 0.6 is 23.2 Å². The highest BCUT2D eigenvalue weighted by Gasteiger charge is 2.17. The van der Waals surface area contributed by atoms with Crippen molar-refractivity contribution in [1.82, 2.24) is 14.6 Å². The van der Waals surface area contributed by atoms with Crippen LogP contribution in [0.4, 0.5) is 0 Å². The van der Waals surface area contributed by atoms with E-state index in [0.29, 0.717) is 32.8 Å². The molecule has 0 spiro atoms. The van der Waals surface area contributed by atoms with Gasteiger partial charge in [-0.05, 0) is 19.1 Å². The van der Waals surface area contributed by atoms with Crippen molar-refractivity contribution in [2.45, 2.75) is 13.3 Å². The van der Waals surface area contributed by atoms with Crippen molar-refractivity contribution >= 4 is 34.8 Å². The van der Waals surface area contributed by atoms with Crippen molar-refractivity contribution in [3.8, 4) is 11.3 Å². The van der Waals surface area contributed by atoms with E-state index in [-0.39, 0.29) is 12.4 Å². The van der Waals surface area contributed by atoms with Crippen molar-refractivity contribution in [1.29, 1.82) is 0 Å². The molecule has 0 atom stereocenters. The molecular formula is C16H13Cl2N3O2. The average molecular weight is 350 g/mol. The highest BCUT2D eigenvalue weighted by molar-refractivity contribution is 6.31. The van der Waals surface area contributed by atoms with Gasteiger partial charge in [-0.2, -0.15) is 5.10 Å². The summed E-state index contributed by atoms with van der Waals surface area (Å²) in [4.78, 5) is 16.0. The molecule has 0 N–H and O–H groups in total. The molecule has 1 aromatic carbocycles. The van der Waals surface area contributed by atoms with Crippen molar-refractivity contribution in [3.63, 3.8) is 0 Å². The van der Waals surface area contributed by atoms with E-state index in [4.69, 9.17) is 27.9 Å². The van der Waals surface area contributed by atoms with Crippen LogP contribution in [0.15, 0.2) is 30.3 Å². The molecule has 2 heterocycles. The quantitative estimate of drug-likeness (QED) is 0.534. The first-order valence-corrected chi connectivity index (χ1v) is 7.62. The van der Waals surface area contributed by atoms with Gasteiger partial charge in [0.1, 0.15) is 5.15 Å². The summed E-state index contributed by atoms with van der Waals surface area (Å²) in [5.41, 5.74) is 3.45. The van der Waals surface area contributed by atoms with Crippen LogP contribution in [0.2, 0.25) is 10.2 Å². The Morgan fingerprint density at radius 2 is 2.09 bits per heavy atom. The molecule has 0 aliphatic carbocycles. The monoisotopic (exact) mass is 349 g/mol. The average Bonchev–Trinajstić information content (AvgIpc) is 2.95. The molecule has 0 fully saturated rings. The summed E-state index contributed by atoms with van der Waals surface area (Å²) in [6.07, 6.45) is 0.0520. The minimum Gasteiger partial charge on any atom is -0.469 e. The lowest BCUT2D eigenvalue weighted by Gasteiger charge is -2.08. The van der Waals surface area contributed by atoms with Crippen molar-refractivity contribution in [2.24, 2.45) is 0 Å². The molecule has 0 aliphatic heterocycles. The first-order valence-electron chi connectivity index (χ1n) is 6.87. The molecule has 0 unspecified atom stereocenters. The molecule has 5 nitrogen and oxygen atoms in total. The largest absolute Gasteiger partial charge is 0.469 e. The summed E-state index contributed by atoms with van der Waals surface area (Å²) in [6.45, 7) is 1.80. The van der Waals surface area contributed by atoms with E-state index in [2.05, 4.69) is 10.1 Å². The summed E-state index contributed by atoms with van der Waals surface area (Å²) >= 11 is 12.4. The van der Waals surface area contributed by atoms with Gasteiger partial charge >= 0.3 is 5.97 Å². The Kier molecular flexibility index (Phi) is 4.24. The van der Waals surface area contributed by atoms with Gasteiger partial charge in [0.25, 0.3) is 0 Å². The molecule has 0 saturated heterocycles. The highest BCUT2D eigenvalue weighted by atomic mass is 35.5. The Bertz CT molecular complexity index is 906. The van der Waals surface area contributed by atoms with Crippen LogP contribution in [-0.2, 0) is 16.0 Å². The minimum absolute atomic E-state index is 0.0520. The van der Waals surface area contributed by atoms with Crippen LogP contribution in [0.1, 0.15) is 11.3 Å². The summed E-state index contributed by atoms with van der Waals surface area (Å²) in [5, 5.41) is 5.45. The van der Waals surface area contributed by atoms with Crippen LogP contribution in [-0.4, -0.2) is 27.7 Å². The number of benzene rings is 1. The summed E-state index contributed by atoms with van der Waals surface area (Å²) < 4.78 is 6.21. The van der Waals surface area contributed by atoms with Gasteiger partial charge in [0.2, 0.25) is 0 Å². The number of ether oxygens (including phenoxy) is 1. The SMILES string of the molecule is COC(=O)Cc1c(C)nc2cc(-c3cccc(Cl)c3)nn2c1Cl. The number of hydrogen-bond acceptors (Lipinski definition) is 4. The van der Waals surface area contributed by atoms with Gasteiger partial charge in [0.05, 0.1) is 19.2 Å². The first kappa shape index (κ1) is 15.8. The van der Waals surface area contributed by atoms with Gasteiger partial charge in [0.15, 0.2) is 5.65 Å². The molecule has 0 saturated carbocycles. The maximum absolute atomic E-state index is 11.5. The molecule has 3 rings (SSSR count). The number of aryl methyl sites for hydroxylation is 1. The first-order chi connectivity index (χ1) is 11.0. The molecule has 118 valence electrons. The van der Waals surface area contributed by atoms with E-state index in [0.717, 1.165) is 5.56 Å². The molecule has 23 heavy (non-hydrogen) atoms. The zero-order valence-electron chi connectivity index (χ0n) is 12.5. The number of carbonyl (C=O) groups is 1. The predicted octanol–water partition coefficient (Wildman–Crippen LogP) is 3.73. The lowest BCUT2D eigenvalue weighted by Crippen LogP contribution is -2.10. The van der Waals surface area contributed by atoms with E-state index in [9.17, 15) is 4.79 Å². The van der Waals surface area contributed by atoms with Gasteiger partial charge in [-0.1, -0.05) is 35.3 Å². The second-order valence-corrected chi connectivity index (χ2v) is 5.82. The summed E-state index contributed by atoms with van der Waals surface area (Å²) in [5.74, 6) is -0.377. The number of hydrogen-bond donors (Lipinski definition) is 0. The molecule has 7 heteroatoms. The van der Waals surface area contributed by atoms with Gasteiger partial charge < -0.3 is 4.74 Å². The molecule has 2 aromatic heterocycles. The lowest BCUT2D eigenvalue weighted by molar-refractivity contribution is -0.139. The molecule has 0 bridgehead atoms. The lowest BCUT2D eigenvalue weighted by atomic mass is 10.1. The van der Waals surface area contributed by atoms with Crippen LogP contribution < -0.4 is 0 Å². The normalized spacial score (nSPS) is 11.0. The van der Waals surface area contributed by atoms with Gasteiger partial charge in [-0.25, -0.2) is 9.50 Å². The Balaban J connectivity index is 2.13. The molecule has 0 amide bonds. The standard InChI is InChI=1S/C16H13Cl2N3O2/c1-9-12(7-15(22)23-2)16(18)21-14(19-9)8-13(20-21)10-4-3-5-11(17)6-10/h3-6,8H,7H2,1-2H3. The maximum Gasteiger partial charge on any atom is 0.310 e. The number of fused-ring (bicyclic) bond motifs is 1. The number of esters is 1. The van der Waals surface area contributed by atoms with Gasteiger partial charge in [-0.3, -0.25) is 4.79 Å². The van der Waals surface area contributed by atoms with Crippen molar-refractivity contribution < 1.29 is 9.53 Å². The highest BCUT2D eigenvalue weighted by Crippen LogP contribution is 2.26. The minimum atomic E-state index is -0.377. The Labute approximate surface area is 142 Å². The third-order valence-corrected chi connectivity index (χ3v) is 4.14. The Hall–Kier alpha value is -2.11. The van der Waals surface area contributed by atoms with Crippen LogP contribution in [0.5, 0.6) is 0 Å². The third kappa shape index (κ3) is 3.02. The van der Waals surface area contributed by atoms with Crippen LogP contribution in [0.25, 0.3) is 16.9 Å². The molecule has 0 aliphatic rings. The van der Waals surface area contributed by atoms with Gasteiger partial charge in [0, 0.05) is 27.9 Å². The van der Waals surface area contributed by atoms with E-state index in [1.54, 1.807) is 13.0 Å². The van der Waals surface area contributed by atoms with E-state index < -0.39 is 0 Å². The second kappa shape index (κ2) is 6.18. The molecular weight excluding hydrogens is 337 g/mol. The molecule has 0 radical (unpaired) electrons. The summed E-state index contributed by atoms with van der Waals surface area (Å²) in [7, 11) is 1.34. The number of rotatable bonds is 3. The summed E-state index contributed by atoms with van der Waals surface area (Å²) in [6, 6.07) is 9.20. The fourth-order valence-electron chi connectivity index (χ4n) is 2.32. The van der Waals surface area contributed by atoms with E-state index in [1.807, 2.05) is 24.3 Å². The Morgan fingerprint density at radius 1 is 1.30 bits per heavy atom. The van der Waals surface area contributed by atoms with Crippen LogP contribution in [0.3, 0.4) is 0 Å². The number of aromatic nitrogens is 3. The number of halogens is 2. The van der Waals surface area contributed by atoms with Crippen molar-refractivity contribution in [3.05, 3.63) is 51.8 Å². The van der Waals surface area contributed by atoms with Gasteiger partial charge in [-0.15, -0.1) is 0 Å². The number of methoxy groups -OCH3 is 1. The topological polar surface area (TPSA) is 56.5 Å². The number of carbonyl (C=O) groups excluding carboxylic acids is 1.